The number of aliphatic hydroxyl groups excluding tert-OH is 1. The van der Waals surface area contributed by atoms with Crippen molar-refractivity contribution < 1.29 is 44.7 Å². The summed E-state index contributed by atoms with van der Waals surface area (Å²) in [5, 5.41) is 47.1. The van der Waals surface area contributed by atoms with Crippen LogP contribution in [-0.4, -0.2) is 121 Å². The standard InChI is InChI=1S/C15H26N4O9/c1-15(3-8-20)9-17(12(23)24)7-6-16(11(21)22)4-2-5-18(13(25)26)10-19(15)14(27)28/h20H,2-10H2,1H3,(H,21,22)(H,23,24)(H,25,26)(H,27,28). The van der Waals surface area contributed by atoms with E-state index in [0.29, 0.717) is 0 Å². The van der Waals surface area contributed by atoms with Gasteiger partial charge in [0.2, 0.25) is 0 Å². The van der Waals surface area contributed by atoms with Gasteiger partial charge in [-0.15, -0.1) is 0 Å². The third kappa shape index (κ3) is 6.04. The second kappa shape index (κ2) is 9.82. The average molecular weight is 406 g/mol. The Morgan fingerprint density at radius 1 is 0.786 bits per heavy atom. The second-order valence-electron chi connectivity index (χ2n) is 6.70. The summed E-state index contributed by atoms with van der Waals surface area (Å²) in [7, 11) is 0. The Bertz CT molecular complexity index is 602. The van der Waals surface area contributed by atoms with Crippen LogP contribution in [0.5, 0.6) is 0 Å². The molecule has 0 spiro atoms. The predicted molar refractivity (Wildman–Crippen MR) is 93.4 cm³/mol. The Morgan fingerprint density at radius 3 is 1.75 bits per heavy atom. The average Bonchev–Trinajstić information content (AvgIpc) is 2.56. The Kier molecular flexibility index (Phi) is 8.10. The quantitative estimate of drug-likeness (QED) is 0.433. The van der Waals surface area contributed by atoms with Crippen LogP contribution >= 0.6 is 0 Å². The fourth-order valence-corrected chi connectivity index (χ4v) is 3.05. The highest BCUT2D eigenvalue weighted by Gasteiger charge is 2.40. The Labute approximate surface area is 160 Å². The zero-order chi connectivity index (χ0) is 21.5. The van der Waals surface area contributed by atoms with Crippen LogP contribution in [0, 0.1) is 0 Å². The third-order valence-electron chi connectivity index (χ3n) is 4.68. The number of carbonyl (C=O) groups is 4. The molecule has 4 amide bonds. The first-order valence-electron chi connectivity index (χ1n) is 8.57. The number of nitrogens with zero attached hydrogens (tertiary/aromatic N) is 4. The van der Waals surface area contributed by atoms with Gasteiger partial charge in [0.1, 0.15) is 6.67 Å². The first-order chi connectivity index (χ1) is 13.0. The maximum atomic E-state index is 11.8. The van der Waals surface area contributed by atoms with E-state index < -0.39 is 43.2 Å². The molecule has 1 heterocycles. The van der Waals surface area contributed by atoms with Crippen molar-refractivity contribution >= 4 is 24.4 Å². The number of amides is 4. The molecule has 0 aromatic rings. The smallest absolute Gasteiger partial charge is 0.409 e. The van der Waals surface area contributed by atoms with Crippen molar-refractivity contribution in [1.82, 2.24) is 19.6 Å². The van der Waals surface area contributed by atoms with Crippen molar-refractivity contribution in [3.05, 3.63) is 0 Å². The fraction of sp³-hybridized carbons (Fsp3) is 0.733. The molecule has 1 rings (SSSR count). The van der Waals surface area contributed by atoms with Crippen LogP contribution in [0.3, 0.4) is 0 Å². The van der Waals surface area contributed by atoms with Gasteiger partial charge in [-0.05, 0) is 19.8 Å². The summed E-state index contributed by atoms with van der Waals surface area (Å²) in [6, 6.07) is 0. The summed E-state index contributed by atoms with van der Waals surface area (Å²) < 4.78 is 0. The van der Waals surface area contributed by atoms with E-state index >= 15 is 0 Å². The lowest BCUT2D eigenvalue weighted by Gasteiger charge is -2.44. The van der Waals surface area contributed by atoms with Crippen LogP contribution in [0.2, 0.25) is 0 Å². The molecule has 28 heavy (non-hydrogen) atoms. The molecule has 0 aliphatic carbocycles. The fourth-order valence-electron chi connectivity index (χ4n) is 3.05. The van der Waals surface area contributed by atoms with Crippen molar-refractivity contribution in [3.63, 3.8) is 0 Å². The van der Waals surface area contributed by atoms with Crippen molar-refractivity contribution in [2.75, 3.05) is 46.0 Å². The molecule has 1 aliphatic heterocycles. The molecule has 0 radical (unpaired) electrons. The number of carboxylic acid groups (broad SMARTS) is 4. The van der Waals surface area contributed by atoms with Gasteiger partial charge in [-0.3, -0.25) is 9.80 Å². The SMILES string of the molecule is CC1(CCO)CN(C(=O)O)CCN(C(=O)O)CCCN(C(=O)O)CN1C(=O)O. The van der Waals surface area contributed by atoms with Crippen molar-refractivity contribution in [2.45, 2.75) is 25.3 Å². The summed E-state index contributed by atoms with van der Waals surface area (Å²) in [5.74, 6) is 0. The van der Waals surface area contributed by atoms with Gasteiger partial charge < -0.3 is 35.3 Å². The lowest BCUT2D eigenvalue weighted by atomic mass is 9.95. The van der Waals surface area contributed by atoms with Crippen molar-refractivity contribution in [3.8, 4) is 0 Å². The molecule has 13 nitrogen and oxygen atoms in total. The first kappa shape index (κ1) is 23.1. The number of hydrogen-bond donors (Lipinski definition) is 5. The van der Waals surface area contributed by atoms with E-state index in [-0.39, 0.29) is 45.6 Å². The van der Waals surface area contributed by atoms with Gasteiger partial charge in [-0.2, -0.15) is 0 Å². The van der Waals surface area contributed by atoms with E-state index in [0.717, 1.165) is 19.6 Å². The van der Waals surface area contributed by atoms with E-state index in [9.17, 15) is 44.7 Å². The molecular formula is C15H26N4O9. The van der Waals surface area contributed by atoms with Gasteiger partial charge in [0.15, 0.2) is 0 Å². The molecular weight excluding hydrogens is 380 g/mol. The first-order valence-corrected chi connectivity index (χ1v) is 8.57. The maximum Gasteiger partial charge on any atom is 0.409 e. The summed E-state index contributed by atoms with van der Waals surface area (Å²) >= 11 is 0. The van der Waals surface area contributed by atoms with Crippen molar-refractivity contribution in [2.24, 2.45) is 0 Å². The molecule has 0 bridgehead atoms. The van der Waals surface area contributed by atoms with E-state index in [1.165, 1.54) is 6.92 Å². The second-order valence-corrected chi connectivity index (χ2v) is 6.70. The van der Waals surface area contributed by atoms with E-state index in [2.05, 4.69) is 0 Å². The highest BCUT2D eigenvalue weighted by molar-refractivity contribution is 5.70. The van der Waals surface area contributed by atoms with Gasteiger partial charge in [-0.1, -0.05) is 0 Å². The van der Waals surface area contributed by atoms with Gasteiger partial charge in [0, 0.05) is 39.3 Å². The van der Waals surface area contributed by atoms with E-state index in [1.54, 1.807) is 0 Å². The minimum Gasteiger partial charge on any atom is -0.465 e. The molecule has 1 atom stereocenters. The number of rotatable bonds is 2. The molecule has 13 heteroatoms. The zero-order valence-electron chi connectivity index (χ0n) is 15.5. The van der Waals surface area contributed by atoms with Crippen LogP contribution in [0.4, 0.5) is 19.2 Å². The van der Waals surface area contributed by atoms with Crippen LogP contribution in [0.1, 0.15) is 19.8 Å². The molecule has 0 aromatic heterocycles. The third-order valence-corrected chi connectivity index (χ3v) is 4.68. The summed E-state index contributed by atoms with van der Waals surface area (Å²) in [6.07, 6.45) is -5.54. The van der Waals surface area contributed by atoms with E-state index in [1.807, 2.05) is 0 Å². The lowest BCUT2D eigenvalue weighted by molar-refractivity contribution is 0.00823. The predicted octanol–water partition coefficient (Wildman–Crippen LogP) is 0.409. The molecule has 0 aromatic carbocycles. The molecule has 1 unspecified atom stereocenters. The van der Waals surface area contributed by atoms with Gasteiger partial charge >= 0.3 is 24.4 Å². The molecule has 160 valence electrons. The summed E-state index contributed by atoms with van der Waals surface area (Å²) in [6.45, 7) is -0.474. The number of aliphatic hydroxyl groups is 1. The summed E-state index contributed by atoms with van der Waals surface area (Å²) in [4.78, 5) is 49.8. The molecule has 1 fully saturated rings. The largest absolute Gasteiger partial charge is 0.465 e. The Balaban J connectivity index is 3.32. The molecule has 0 saturated carbocycles. The topological polar surface area (TPSA) is 182 Å². The normalized spacial score (nSPS) is 22.2. The Morgan fingerprint density at radius 2 is 1.29 bits per heavy atom. The van der Waals surface area contributed by atoms with Crippen LogP contribution < -0.4 is 0 Å². The minimum absolute atomic E-state index is 0.0342. The lowest BCUT2D eigenvalue weighted by Crippen LogP contribution is -2.61. The molecule has 5 N–H and O–H groups in total. The van der Waals surface area contributed by atoms with Crippen LogP contribution in [-0.2, 0) is 0 Å². The van der Waals surface area contributed by atoms with Gasteiger partial charge in [0.25, 0.3) is 0 Å². The highest BCUT2D eigenvalue weighted by Crippen LogP contribution is 2.23. The number of hydrogen-bond acceptors (Lipinski definition) is 5. The summed E-state index contributed by atoms with van der Waals surface area (Å²) in [5.41, 5.74) is -1.43. The van der Waals surface area contributed by atoms with Crippen molar-refractivity contribution in [1.29, 1.82) is 0 Å². The van der Waals surface area contributed by atoms with Crippen LogP contribution in [0.15, 0.2) is 0 Å². The van der Waals surface area contributed by atoms with E-state index in [4.69, 9.17) is 0 Å². The minimum atomic E-state index is -1.46. The monoisotopic (exact) mass is 406 g/mol. The zero-order valence-corrected chi connectivity index (χ0v) is 15.5. The van der Waals surface area contributed by atoms with Crippen LogP contribution in [0.25, 0.3) is 0 Å². The van der Waals surface area contributed by atoms with Gasteiger partial charge in [0.05, 0.1) is 5.54 Å². The maximum absolute atomic E-state index is 11.8. The van der Waals surface area contributed by atoms with Gasteiger partial charge in [-0.25, -0.2) is 19.2 Å². The Hall–Kier alpha value is -2.96. The highest BCUT2D eigenvalue weighted by atomic mass is 16.4. The molecule has 1 saturated heterocycles. The molecule has 1 aliphatic rings.